The average molecular weight is 347 g/mol. The van der Waals surface area contributed by atoms with Crippen molar-refractivity contribution in [2.24, 2.45) is 0 Å². The molecule has 0 spiro atoms. The molecule has 0 saturated heterocycles. The quantitative estimate of drug-likeness (QED) is 0.643. The molecule has 1 amide bonds. The number of thioether (sulfide) groups is 1. The zero-order chi connectivity index (χ0) is 13.3. The molecule has 0 aromatic carbocycles. The van der Waals surface area contributed by atoms with Gasteiger partial charge in [-0.15, -0.1) is 36.6 Å². The lowest BCUT2D eigenvalue weighted by atomic mass is 10.4. The van der Waals surface area contributed by atoms with Crippen molar-refractivity contribution in [1.29, 1.82) is 0 Å². The first kappa shape index (κ1) is 19.6. The largest absolute Gasteiger partial charge is 0.351 e. The Bertz CT molecular complexity index is 516. The van der Waals surface area contributed by atoms with Crippen molar-refractivity contribution in [3.63, 3.8) is 0 Å². The van der Waals surface area contributed by atoms with Gasteiger partial charge in [0.25, 0.3) is 5.91 Å². The van der Waals surface area contributed by atoms with Crippen LogP contribution in [0.1, 0.15) is 16.9 Å². The fourth-order valence-electron chi connectivity index (χ4n) is 1.39. The van der Waals surface area contributed by atoms with E-state index in [4.69, 9.17) is 0 Å². The van der Waals surface area contributed by atoms with Gasteiger partial charge in [-0.25, -0.2) is 9.97 Å². The Morgan fingerprint density at radius 3 is 2.67 bits per heavy atom. The van der Waals surface area contributed by atoms with Crippen LogP contribution in [-0.4, -0.2) is 33.2 Å². The standard InChI is InChI=1S/C13H14N4OS.2ClH/c18-13(11-10-14-7-8-15-11)17-6-3-9-19-12-4-1-2-5-16-12;;/h1-2,4-5,7-8,10H,3,6,9H2,(H,17,18);2*1H. The predicted molar refractivity (Wildman–Crippen MR) is 88.4 cm³/mol. The van der Waals surface area contributed by atoms with Crippen LogP contribution in [-0.2, 0) is 0 Å². The molecule has 0 saturated carbocycles. The van der Waals surface area contributed by atoms with Crippen LogP contribution in [0.2, 0.25) is 0 Å². The summed E-state index contributed by atoms with van der Waals surface area (Å²) in [6, 6.07) is 5.83. The van der Waals surface area contributed by atoms with Crippen LogP contribution < -0.4 is 5.32 Å². The second-order valence-electron chi connectivity index (χ2n) is 3.72. The van der Waals surface area contributed by atoms with Gasteiger partial charge in [-0.2, -0.15) is 0 Å². The number of amides is 1. The first-order valence-corrected chi connectivity index (χ1v) is 6.93. The smallest absolute Gasteiger partial charge is 0.271 e. The van der Waals surface area contributed by atoms with Gasteiger partial charge in [0.1, 0.15) is 5.69 Å². The van der Waals surface area contributed by atoms with Gasteiger partial charge >= 0.3 is 0 Å². The van der Waals surface area contributed by atoms with Crippen LogP contribution in [0, 0.1) is 0 Å². The molecule has 2 aromatic heterocycles. The van der Waals surface area contributed by atoms with Crippen molar-refractivity contribution < 1.29 is 4.79 Å². The number of nitrogens with one attached hydrogen (secondary N) is 1. The van der Waals surface area contributed by atoms with Gasteiger partial charge < -0.3 is 5.32 Å². The number of aromatic nitrogens is 3. The Labute approximate surface area is 140 Å². The minimum atomic E-state index is -0.184. The maximum Gasteiger partial charge on any atom is 0.271 e. The van der Waals surface area contributed by atoms with Crippen molar-refractivity contribution in [2.75, 3.05) is 12.3 Å². The van der Waals surface area contributed by atoms with Gasteiger partial charge in [-0.3, -0.25) is 9.78 Å². The molecule has 0 aliphatic carbocycles. The first-order chi connectivity index (χ1) is 9.36. The second kappa shape index (κ2) is 11.3. The van der Waals surface area contributed by atoms with Gasteiger partial charge in [0.15, 0.2) is 0 Å². The molecule has 2 heterocycles. The molecular weight excluding hydrogens is 331 g/mol. The van der Waals surface area contributed by atoms with Crippen LogP contribution in [0.25, 0.3) is 0 Å². The predicted octanol–water partition coefficient (Wildman–Crippen LogP) is 2.63. The van der Waals surface area contributed by atoms with E-state index >= 15 is 0 Å². The molecule has 0 radical (unpaired) electrons. The topological polar surface area (TPSA) is 67.8 Å². The third kappa shape index (κ3) is 7.27. The molecule has 2 aromatic rings. The normalized spacial score (nSPS) is 9.14. The molecular formula is C13H16Cl2N4OS. The molecule has 8 heteroatoms. The SMILES string of the molecule is Cl.Cl.O=C(NCCCSc1ccccn1)c1cnccn1. The number of hydrogen-bond donors (Lipinski definition) is 1. The number of pyridine rings is 1. The van der Waals surface area contributed by atoms with E-state index in [0.29, 0.717) is 12.2 Å². The molecule has 0 atom stereocenters. The Morgan fingerprint density at radius 2 is 2.00 bits per heavy atom. The minimum Gasteiger partial charge on any atom is -0.351 e. The van der Waals surface area contributed by atoms with Gasteiger partial charge in [0.05, 0.1) is 11.2 Å². The van der Waals surface area contributed by atoms with Crippen LogP contribution in [0.5, 0.6) is 0 Å². The van der Waals surface area contributed by atoms with E-state index in [9.17, 15) is 4.79 Å². The number of nitrogens with zero attached hydrogens (tertiary/aromatic N) is 3. The average Bonchev–Trinajstić information content (AvgIpc) is 2.49. The molecule has 0 bridgehead atoms. The third-order valence-electron chi connectivity index (χ3n) is 2.29. The fourth-order valence-corrected chi connectivity index (χ4v) is 2.20. The van der Waals surface area contributed by atoms with E-state index < -0.39 is 0 Å². The van der Waals surface area contributed by atoms with Gasteiger partial charge in [-0.05, 0) is 18.6 Å². The molecule has 2 rings (SSSR count). The fraction of sp³-hybridized carbons (Fsp3) is 0.231. The highest BCUT2D eigenvalue weighted by Crippen LogP contribution is 2.14. The number of carbonyl (C=O) groups excluding carboxylic acids is 1. The molecule has 0 unspecified atom stereocenters. The van der Waals surface area contributed by atoms with E-state index in [1.54, 1.807) is 24.2 Å². The van der Waals surface area contributed by atoms with Crippen molar-refractivity contribution in [3.8, 4) is 0 Å². The van der Waals surface area contributed by atoms with Crippen LogP contribution in [0.4, 0.5) is 0 Å². The number of carbonyl (C=O) groups is 1. The van der Waals surface area contributed by atoms with E-state index in [0.717, 1.165) is 17.2 Å². The molecule has 1 N–H and O–H groups in total. The highest BCUT2D eigenvalue weighted by atomic mass is 35.5. The van der Waals surface area contributed by atoms with Crippen molar-refractivity contribution >= 4 is 42.5 Å². The summed E-state index contributed by atoms with van der Waals surface area (Å²) in [5, 5.41) is 3.81. The first-order valence-electron chi connectivity index (χ1n) is 5.94. The van der Waals surface area contributed by atoms with Crippen molar-refractivity contribution in [2.45, 2.75) is 11.4 Å². The summed E-state index contributed by atoms with van der Waals surface area (Å²) < 4.78 is 0. The molecule has 0 aliphatic rings. The molecule has 0 fully saturated rings. The highest BCUT2D eigenvalue weighted by molar-refractivity contribution is 7.99. The Balaban J connectivity index is 0.00000200. The van der Waals surface area contributed by atoms with Gasteiger partial charge in [0, 0.05) is 30.9 Å². The Hall–Kier alpha value is -1.37. The third-order valence-corrected chi connectivity index (χ3v) is 3.32. The molecule has 21 heavy (non-hydrogen) atoms. The summed E-state index contributed by atoms with van der Waals surface area (Å²) in [4.78, 5) is 23.7. The number of halogens is 2. The summed E-state index contributed by atoms with van der Waals surface area (Å²) in [6.45, 7) is 0.620. The maximum atomic E-state index is 11.6. The van der Waals surface area contributed by atoms with E-state index in [1.807, 2.05) is 18.2 Å². The summed E-state index contributed by atoms with van der Waals surface area (Å²) in [6.07, 6.45) is 7.16. The minimum absolute atomic E-state index is 0. The summed E-state index contributed by atoms with van der Waals surface area (Å²) >= 11 is 1.68. The van der Waals surface area contributed by atoms with Crippen LogP contribution in [0.15, 0.2) is 48.0 Å². The lowest BCUT2D eigenvalue weighted by molar-refractivity contribution is 0.0948. The zero-order valence-corrected chi connectivity index (χ0v) is 13.6. The van der Waals surface area contributed by atoms with Gasteiger partial charge in [-0.1, -0.05) is 6.07 Å². The molecule has 0 aliphatic heterocycles. The molecule has 5 nitrogen and oxygen atoms in total. The maximum absolute atomic E-state index is 11.6. The lowest BCUT2D eigenvalue weighted by Gasteiger charge is -2.04. The monoisotopic (exact) mass is 346 g/mol. The lowest BCUT2D eigenvalue weighted by Crippen LogP contribution is -2.25. The molecule has 114 valence electrons. The van der Waals surface area contributed by atoms with Crippen LogP contribution >= 0.6 is 36.6 Å². The number of hydrogen-bond acceptors (Lipinski definition) is 5. The summed E-state index contributed by atoms with van der Waals surface area (Å²) in [5.41, 5.74) is 0.347. The summed E-state index contributed by atoms with van der Waals surface area (Å²) in [7, 11) is 0. The Morgan fingerprint density at radius 1 is 1.14 bits per heavy atom. The van der Waals surface area contributed by atoms with E-state index in [2.05, 4.69) is 20.3 Å². The van der Waals surface area contributed by atoms with Crippen molar-refractivity contribution in [3.05, 3.63) is 48.7 Å². The van der Waals surface area contributed by atoms with Crippen molar-refractivity contribution in [1.82, 2.24) is 20.3 Å². The zero-order valence-electron chi connectivity index (χ0n) is 11.1. The van der Waals surface area contributed by atoms with E-state index in [-0.39, 0.29) is 30.7 Å². The second-order valence-corrected chi connectivity index (χ2v) is 4.83. The van der Waals surface area contributed by atoms with E-state index in [1.165, 1.54) is 12.4 Å². The summed E-state index contributed by atoms with van der Waals surface area (Å²) in [5.74, 6) is 0.730. The highest BCUT2D eigenvalue weighted by Gasteiger charge is 2.05. The Kier molecular flexibility index (Phi) is 10.6. The number of rotatable bonds is 6. The van der Waals surface area contributed by atoms with Crippen LogP contribution in [0.3, 0.4) is 0 Å². The van der Waals surface area contributed by atoms with Gasteiger partial charge in [0.2, 0.25) is 0 Å².